The summed E-state index contributed by atoms with van der Waals surface area (Å²) in [6.45, 7) is 0. The van der Waals surface area contributed by atoms with Crippen molar-refractivity contribution in [3.05, 3.63) is 0 Å². The first-order chi connectivity index (χ1) is 5.20. The normalized spacial score (nSPS) is 5.54. The average Bonchev–Trinajstić information content (AvgIpc) is 1.54. The third-order valence-electron chi connectivity index (χ3n) is 0. The van der Waals surface area contributed by atoms with Crippen LogP contribution in [0.4, 0.5) is 0 Å². The summed E-state index contributed by atoms with van der Waals surface area (Å²) in [7, 11) is 0. The molecule has 0 aliphatic heterocycles. The molecule has 13 heavy (non-hydrogen) atoms. The summed E-state index contributed by atoms with van der Waals surface area (Å²) in [6.07, 6.45) is 0. The van der Waals surface area contributed by atoms with Gasteiger partial charge in [0.2, 0.25) is 0 Å². The van der Waals surface area contributed by atoms with Gasteiger partial charge in [0, 0.05) is 17.1 Å². The fourth-order valence-corrected chi connectivity index (χ4v) is 0. The molecule has 0 saturated heterocycles. The molecule has 0 atom stereocenters. The molecular formula is C3H9FeN3O3S3. The van der Waals surface area contributed by atoms with E-state index in [1.54, 1.807) is 0 Å². The van der Waals surface area contributed by atoms with Gasteiger partial charge in [-0.05, 0) is 36.7 Å². The molecule has 6 nitrogen and oxygen atoms in total. The predicted molar refractivity (Wildman–Crippen MR) is 58.2 cm³/mol. The van der Waals surface area contributed by atoms with Gasteiger partial charge in [0.05, 0.1) is 0 Å². The molecule has 0 radical (unpaired) electrons. The topological polar surface area (TPSA) is 139 Å². The maximum atomic E-state index is 7.56. The van der Waals surface area contributed by atoms with Crippen LogP contribution in [0.2, 0.25) is 0 Å². The van der Waals surface area contributed by atoms with Crippen molar-refractivity contribution in [2.24, 2.45) is 17.2 Å². The Morgan fingerprint density at radius 3 is 0.692 bits per heavy atom. The monoisotopic (exact) mass is 287 g/mol. The summed E-state index contributed by atoms with van der Waals surface area (Å²) in [5.41, 5.74) is 13.2. The van der Waals surface area contributed by atoms with Crippen molar-refractivity contribution < 1.29 is 32.4 Å². The maximum Gasteiger partial charge on any atom is 0.251 e. The van der Waals surface area contributed by atoms with Crippen molar-refractivity contribution in [3.63, 3.8) is 0 Å². The van der Waals surface area contributed by atoms with Crippen molar-refractivity contribution in [2.45, 2.75) is 0 Å². The van der Waals surface area contributed by atoms with Gasteiger partial charge in [0.15, 0.2) is 0 Å². The minimum atomic E-state index is -0.500. The molecule has 10 heteroatoms. The first-order valence-electron chi connectivity index (χ1n) is 2.15. The van der Waals surface area contributed by atoms with Crippen molar-refractivity contribution in [2.75, 3.05) is 0 Å². The van der Waals surface area contributed by atoms with Crippen molar-refractivity contribution >= 4 is 52.2 Å². The Kier molecular flexibility index (Phi) is 31.1. The Balaban J connectivity index is -0.0000000450. The van der Waals surface area contributed by atoms with Crippen molar-refractivity contribution in [1.29, 1.82) is 0 Å². The van der Waals surface area contributed by atoms with Gasteiger partial charge in [-0.15, -0.1) is 0 Å². The predicted octanol–water partition coefficient (Wildman–Crippen LogP) is -0.638. The second-order valence-corrected chi connectivity index (χ2v) is 2.27. The molecule has 0 aliphatic rings. The van der Waals surface area contributed by atoms with Crippen LogP contribution in [0.3, 0.4) is 0 Å². The van der Waals surface area contributed by atoms with E-state index in [1.165, 1.54) is 0 Å². The molecule has 0 spiro atoms. The summed E-state index contributed by atoms with van der Waals surface area (Å²) < 4.78 is 0. The third-order valence-corrected chi connectivity index (χ3v) is 0. The second-order valence-electron chi connectivity index (χ2n) is 1.01. The zero-order valence-electron chi connectivity index (χ0n) is 6.15. The first kappa shape index (κ1) is 22.9. The van der Waals surface area contributed by atoms with Crippen LogP contribution in [0.15, 0.2) is 0 Å². The molecule has 0 fully saturated rings. The van der Waals surface area contributed by atoms with E-state index in [4.69, 9.17) is 15.3 Å². The van der Waals surface area contributed by atoms with E-state index in [2.05, 4.69) is 53.9 Å². The fourth-order valence-electron chi connectivity index (χ4n) is 0. The molecule has 0 aromatic heterocycles. The smallest absolute Gasteiger partial charge is 0.251 e. The van der Waals surface area contributed by atoms with Crippen molar-refractivity contribution in [1.82, 2.24) is 0 Å². The Hall–Kier alpha value is -0.411. The van der Waals surface area contributed by atoms with E-state index in [9.17, 15) is 0 Å². The van der Waals surface area contributed by atoms with Gasteiger partial charge in [-0.25, -0.2) is 0 Å². The van der Waals surface area contributed by atoms with Gasteiger partial charge in [-0.2, -0.15) is 0 Å². The van der Waals surface area contributed by atoms with Crippen LogP contribution < -0.4 is 17.2 Å². The minimum Gasteiger partial charge on any atom is -0.487 e. The van der Waals surface area contributed by atoms with E-state index in [0.29, 0.717) is 0 Å². The van der Waals surface area contributed by atoms with Crippen molar-refractivity contribution in [3.8, 4) is 0 Å². The molecule has 0 amide bonds. The molecule has 0 rings (SSSR count). The average molecular weight is 287 g/mol. The number of thiocarbonyl (C=S) groups is 3. The summed E-state index contributed by atoms with van der Waals surface area (Å²) in [4.78, 5) is 0. The molecule has 0 unspecified atom stereocenters. The number of rotatable bonds is 0. The minimum absolute atomic E-state index is 0. The van der Waals surface area contributed by atoms with E-state index < -0.39 is 15.5 Å². The van der Waals surface area contributed by atoms with E-state index in [0.717, 1.165) is 0 Å². The second kappa shape index (κ2) is 17.6. The quantitative estimate of drug-likeness (QED) is 0.253. The van der Waals surface area contributed by atoms with Crippen LogP contribution >= 0.6 is 36.7 Å². The zero-order chi connectivity index (χ0) is 10.7. The summed E-state index contributed by atoms with van der Waals surface area (Å²) in [5, 5.41) is 21.2. The third kappa shape index (κ3) is 6320. The van der Waals surface area contributed by atoms with Gasteiger partial charge in [0.1, 0.15) is 0 Å². The van der Waals surface area contributed by atoms with E-state index in [1.807, 2.05) is 0 Å². The van der Waals surface area contributed by atoms with Gasteiger partial charge < -0.3 is 32.5 Å². The maximum absolute atomic E-state index is 7.56. The number of hydrogen-bond donors (Lipinski definition) is 6. The largest absolute Gasteiger partial charge is 0.487 e. The van der Waals surface area contributed by atoms with Crippen LogP contribution in [-0.4, -0.2) is 30.8 Å². The van der Waals surface area contributed by atoms with Gasteiger partial charge in [-0.1, -0.05) is 0 Å². The molecule has 0 aliphatic carbocycles. The molecular weight excluding hydrogens is 278 g/mol. The molecule has 0 saturated carbocycles. The van der Waals surface area contributed by atoms with Crippen LogP contribution in [-0.2, 0) is 17.1 Å². The summed E-state index contributed by atoms with van der Waals surface area (Å²) in [6, 6.07) is 0. The Bertz CT molecular complexity index is 127. The van der Waals surface area contributed by atoms with Crippen LogP contribution in [0.1, 0.15) is 0 Å². The summed E-state index contributed by atoms with van der Waals surface area (Å²) >= 11 is 11.6. The van der Waals surface area contributed by atoms with Crippen LogP contribution in [0.5, 0.6) is 0 Å². The Labute approximate surface area is 102 Å². The zero-order valence-corrected chi connectivity index (χ0v) is 9.71. The van der Waals surface area contributed by atoms with Crippen LogP contribution in [0, 0.1) is 0 Å². The van der Waals surface area contributed by atoms with Gasteiger partial charge >= 0.3 is 0 Å². The Morgan fingerprint density at radius 2 is 0.692 bits per heavy atom. The van der Waals surface area contributed by atoms with Crippen LogP contribution in [0.25, 0.3) is 0 Å². The standard InChI is InChI=1S/3CH3NOS.Fe/c3*2-1(3)4;/h3*(H3,2,3,4);. The molecule has 80 valence electrons. The molecule has 0 heterocycles. The molecule has 9 N–H and O–H groups in total. The fraction of sp³-hybridized carbons (Fsp3) is 0. The van der Waals surface area contributed by atoms with E-state index in [-0.39, 0.29) is 17.1 Å². The molecule has 0 aromatic rings. The number of nitrogens with two attached hydrogens (primary N) is 3. The van der Waals surface area contributed by atoms with Gasteiger partial charge in [0.25, 0.3) is 15.5 Å². The molecule has 0 bridgehead atoms. The number of aliphatic hydroxyl groups excluding tert-OH is 3. The van der Waals surface area contributed by atoms with E-state index >= 15 is 0 Å². The number of hydrogen-bond acceptors (Lipinski definition) is 3. The Morgan fingerprint density at radius 1 is 0.692 bits per heavy atom. The SMILES string of the molecule is NC(O)=S.NC(O)=S.NC(O)=S.[Fe]. The first-order valence-corrected chi connectivity index (χ1v) is 3.37. The molecule has 0 aromatic carbocycles. The number of aliphatic hydroxyl groups is 3. The van der Waals surface area contributed by atoms with Gasteiger partial charge in [-0.3, -0.25) is 0 Å². The summed E-state index contributed by atoms with van der Waals surface area (Å²) in [5.74, 6) is 0.